The summed E-state index contributed by atoms with van der Waals surface area (Å²) in [6.45, 7) is 0. The van der Waals surface area contributed by atoms with E-state index in [0.29, 0.717) is 11.4 Å². The van der Waals surface area contributed by atoms with Gasteiger partial charge in [-0.2, -0.15) is 4.72 Å². The fraction of sp³-hybridized carbons (Fsp3) is 0.190. The molecule has 3 aromatic rings. The van der Waals surface area contributed by atoms with Gasteiger partial charge in [-0.05, 0) is 54.2 Å². The summed E-state index contributed by atoms with van der Waals surface area (Å²) in [5.74, 6) is -1.43. The van der Waals surface area contributed by atoms with Crippen molar-refractivity contribution in [3.8, 4) is 10.4 Å². The maximum atomic E-state index is 12.9. The number of thiophene rings is 1. The van der Waals surface area contributed by atoms with Crippen LogP contribution in [0.25, 0.3) is 10.4 Å². The zero-order valence-electron chi connectivity index (χ0n) is 15.2. The van der Waals surface area contributed by atoms with Gasteiger partial charge in [0.2, 0.25) is 0 Å². The lowest BCUT2D eigenvalue weighted by molar-refractivity contribution is -0.140. The van der Waals surface area contributed by atoms with Crippen molar-refractivity contribution in [2.24, 2.45) is 5.92 Å². The van der Waals surface area contributed by atoms with Crippen LogP contribution in [-0.4, -0.2) is 25.0 Å². The number of hydrogen-bond acceptors (Lipinski definition) is 4. The molecule has 2 aromatic carbocycles. The zero-order valence-corrected chi connectivity index (χ0v) is 17.6. The van der Waals surface area contributed by atoms with E-state index >= 15 is 0 Å². The van der Waals surface area contributed by atoms with Crippen molar-refractivity contribution in [3.63, 3.8) is 0 Å². The van der Waals surface area contributed by atoms with Crippen molar-refractivity contribution in [1.82, 2.24) is 4.72 Å². The van der Waals surface area contributed by atoms with E-state index in [9.17, 15) is 18.3 Å². The Hall–Kier alpha value is -2.19. The molecule has 150 valence electrons. The van der Waals surface area contributed by atoms with Crippen molar-refractivity contribution in [2.75, 3.05) is 0 Å². The molecule has 8 heteroatoms. The zero-order chi connectivity index (χ0) is 20.6. The standard InChI is InChI=1S/C21H18ClNO4S2/c22-17-8-6-15(7-9-17)18-10-11-19(28-18)29(26,27)23-21(20(24)25)13-16(21)12-14-4-2-1-3-5-14/h1-11,16,23H,12-13H2,(H,24,25)/t16-,21+/m0/s1. The molecule has 1 aliphatic carbocycles. The molecule has 0 saturated heterocycles. The molecule has 1 aliphatic rings. The molecule has 0 radical (unpaired) electrons. The molecule has 1 aromatic heterocycles. The second-order valence-corrected chi connectivity index (χ2v) is 10.5. The first-order valence-electron chi connectivity index (χ1n) is 8.97. The van der Waals surface area contributed by atoms with E-state index in [0.717, 1.165) is 27.3 Å². The van der Waals surface area contributed by atoms with E-state index in [-0.39, 0.29) is 16.5 Å². The van der Waals surface area contributed by atoms with Crippen LogP contribution < -0.4 is 4.72 Å². The van der Waals surface area contributed by atoms with E-state index in [1.165, 1.54) is 6.07 Å². The molecular formula is C21H18ClNO4S2. The molecule has 29 heavy (non-hydrogen) atoms. The van der Waals surface area contributed by atoms with Crippen molar-refractivity contribution < 1.29 is 18.3 Å². The number of hydrogen-bond donors (Lipinski definition) is 2. The second-order valence-electron chi connectivity index (χ2n) is 7.10. The number of rotatable bonds is 7. The van der Waals surface area contributed by atoms with E-state index in [2.05, 4.69) is 4.72 Å². The fourth-order valence-corrected chi connectivity index (χ4v) is 6.30. The predicted octanol–water partition coefficient (Wildman–Crippen LogP) is 4.43. The Morgan fingerprint density at radius 1 is 1.10 bits per heavy atom. The Kier molecular flexibility index (Phi) is 5.25. The number of sulfonamides is 1. The Balaban J connectivity index is 1.54. The third kappa shape index (κ3) is 4.09. The smallest absolute Gasteiger partial charge is 0.325 e. The summed E-state index contributed by atoms with van der Waals surface area (Å²) in [5, 5.41) is 10.3. The van der Waals surface area contributed by atoms with Gasteiger partial charge in [0, 0.05) is 9.90 Å². The van der Waals surface area contributed by atoms with Crippen molar-refractivity contribution in [1.29, 1.82) is 0 Å². The summed E-state index contributed by atoms with van der Waals surface area (Å²) in [6, 6.07) is 19.8. The molecule has 0 aliphatic heterocycles. The minimum absolute atomic E-state index is 0.0911. The summed E-state index contributed by atoms with van der Waals surface area (Å²) < 4.78 is 28.4. The molecule has 1 saturated carbocycles. The summed E-state index contributed by atoms with van der Waals surface area (Å²) in [6.07, 6.45) is 0.780. The average molecular weight is 448 g/mol. The SMILES string of the molecule is O=C(O)[C@@]1(NS(=O)(=O)c2ccc(-c3ccc(Cl)cc3)s2)C[C@@H]1Cc1ccccc1. The van der Waals surface area contributed by atoms with Gasteiger partial charge < -0.3 is 5.11 Å². The molecule has 0 spiro atoms. The number of benzene rings is 2. The first kappa shape index (κ1) is 20.1. The molecule has 0 bridgehead atoms. The summed E-state index contributed by atoms with van der Waals surface area (Å²) in [4.78, 5) is 12.7. The highest BCUT2D eigenvalue weighted by atomic mass is 35.5. The second kappa shape index (κ2) is 7.57. The lowest BCUT2D eigenvalue weighted by Gasteiger charge is -2.14. The highest BCUT2D eigenvalue weighted by Crippen LogP contribution is 2.47. The molecule has 5 nitrogen and oxygen atoms in total. The minimum Gasteiger partial charge on any atom is -0.480 e. The third-order valence-corrected chi connectivity index (χ3v) is 8.49. The van der Waals surface area contributed by atoms with Crippen LogP contribution in [0.3, 0.4) is 0 Å². The van der Waals surface area contributed by atoms with Gasteiger partial charge in [0.05, 0.1) is 0 Å². The van der Waals surface area contributed by atoms with Crippen LogP contribution in [0.5, 0.6) is 0 Å². The van der Waals surface area contributed by atoms with Crippen LogP contribution in [0.4, 0.5) is 0 Å². The molecule has 1 heterocycles. The molecule has 2 N–H and O–H groups in total. The first-order chi connectivity index (χ1) is 13.8. The maximum absolute atomic E-state index is 12.9. The summed E-state index contributed by atoms with van der Waals surface area (Å²) in [5.41, 5.74) is 0.377. The van der Waals surface area contributed by atoms with E-state index in [4.69, 9.17) is 11.6 Å². The number of carboxylic acids is 1. The van der Waals surface area contributed by atoms with Crippen molar-refractivity contribution in [3.05, 3.63) is 77.3 Å². The molecule has 2 atom stereocenters. The predicted molar refractivity (Wildman–Crippen MR) is 114 cm³/mol. The van der Waals surface area contributed by atoms with Crippen LogP contribution in [0, 0.1) is 5.92 Å². The number of halogens is 1. The Morgan fingerprint density at radius 3 is 2.45 bits per heavy atom. The van der Waals surface area contributed by atoms with Crippen LogP contribution >= 0.6 is 22.9 Å². The van der Waals surface area contributed by atoms with Crippen LogP contribution in [-0.2, 0) is 21.2 Å². The Labute approximate surface area is 178 Å². The van der Waals surface area contributed by atoms with Gasteiger partial charge in [-0.1, -0.05) is 54.1 Å². The quantitative estimate of drug-likeness (QED) is 0.561. The minimum atomic E-state index is -3.96. The van der Waals surface area contributed by atoms with E-state index < -0.39 is 21.5 Å². The molecule has 0 amide bonds. The van der Waals surface area contributed by atoms with E-state index in [1.807, 2.05) is 42.5 Å². The number of aliphatic carboxylic acids is 1. The average Bonchev–Trinajstić information content (AvgIpc) is 3.14. The maximum Gasteiger partial charge on any atom is 0.325 e. The molecule has 0 unspecified atom stereocenters. The number of carbonyl (C=O) groups is 1. The normalized spacial score (nSPS) is 21.1. The first-order valence-corrected chi connectivity index (χ1v) is 11.6. The third-order valence-electron chi connectivity index (χ3n) is 5.10. The lowest BCUT2D eigenvalue weighted by atomic mass is 10.1. The Morgan fingerprint density at radius 2 is 1.79 bits per heavy atom. The van der Waals surface area contributed by atoms with Gasteiger partial charge in [-0.3, -0.25) is 4.79 Å². The fourth-order valence-electron chi connectivity index (χ4n) is 3.43. The van der Waals surface area contributed by atoms with E-state index in [1.54, 1.807) is 18.2 Å². The highest BCUT2D eigenvalue weighted by molar-refractivity contribution is 7.91. The topological polar surface area (TPSA) is 83.5 Å². The van der Waals surface area contributed by atoms with Gasteiger partial charge in [0.15, 0.2) is 0 Å². The molecular weight excluding hydrogens is 430 g/mol. The molecule has 1 fully saturated rings. The highest BCUT2D eigenvalue weighted by Gasteiger charge is 2.62. The number of carboxylic acid groups (broad SMARTS) is 1. The van der Waals surface area contributed by atoms with Crippen LogP contribution in [0.1, 0.15) is 12.0 Å². The van der Waals surface area contributed by atoms with Gasteiger partial charge in [0.1, 0.15) is 9.75 Å². The largest absolute Gasteiger partial charge is 0.480 e. The van der Waals surface area contributed by atoms with Crippen molar-refractivity contribution >= 4 is 38.9 Å². The lowest BCUT2D eigenvalue weighted by Crippen LogP contribution is -2.44. The van der Waals surface area contributed by atoms with Gasteiger partial charge in [-0.25, -0.2) is 8.42 Å². The van der Waals surface area contributed by atoms with Crippen LogP contribution in [0.2, 0.25) is 5.02 Å². The molecule has 4 rings (SSSR count). The van der Waals surface area contributed by atoms with Gasteiger partial charge >= 0.3 is 5.97 Å². The van der Waals surface area contributed by atoms with Crippen LogP contribution in [0.15, 0.2) is 70.9 Å². The van der Waals surface area contributed by atoms with Gasteiger partial charge in [-0.15, -0.1) is 11.3 Å². The summed E-state index contributed by atoms with van der Waals surface area (Å²) >= 11 is 7.00. The monoisotopic (exact) mass is 447 g/mol. The summed E-state index contributed by atoms with van der Waals surface area (Å²) in [7, 11) is -3.96. The van der Waals surface area contributed by atoms with Crippen molar-refractivity contribution in [2.45, 2.75) is 22.6 Å². The number of nitrogens with one attached hydrogen (secondary N) is 1. The Bertz CT molecular complexity index is 1140. The van der Waals surface area contributed by atoms with Gasteiger partial charge in [0.25, 0.3) is 10.0 Å².